The maximum absolute atomic E-state index is 13.3. The summed E-state index contributed by atoms with van der Waals surface area (Å²) in [5, 5.41) is 5.71. The Balaban J connectivity index is 1.12. The Labute approximate surface area is 202 Å². The highest BCUT2D eigenvalue weighted by molar-refractivity contribution is 7.20. The van der Waals surface area contributed by atoms with E-state index in [-0.39, 0.29) is 11.8 Å². The number of amides is 1. The molecule has 0 saturated carbocycles. The lowest BCUT2D eigenvalue weighted by Crippen LogP contribution is -2.51. The van der Waals surface area contributed by atoms with Gasteiger partial charge in [-0.3, -0.25) is 4.79 Å². The molecule has 9 nitrogen and oxygen atoms in total. The molecule has 10 heteroatoms. The molecule has 0 radical (unpaired) electrons. The predicted octanol–water partition coefficient (Wildman–Crippen LogP) is 3.05. The SMILES string of the molecule is COc1ccc(-c2cn3nc(N4CCC[C@@H](C(=O)N5CCC6(CC5)OCCO6)C4)sc3n2)cc1. The Morgan fingerprint density at radius 1 is 1.15 bits per heavy atom. The quantitative estimate of drug-likeness (QED) is 0.564. The minimum absolute atomic E-state index is 0.000652. The van der Waals surface area contributed by atoms with Crippen molar-refractivity contribution in [2.75, 3.05) is 51.4 Å². The summed E-state index contributed by atoms with van der Waals surface area (Å²) < 4.78 is 18.7. The number of hydrogen-bond acceptors (Lipinski definition) is 8. The zero-order chi connectivity index (χ0) is 23.1. The fourth-order valence-electron chi connectivity index (χ4n) is 5.18. The Hall–Kier alpha value is -2.69. The molecule has 3 saturated heterocycles. The minimum Gasteiger partial charge on any atom is -0.497 e. The van der Waals surface area contributed by atoms with Crippen molar-refractivity contribution in [3.63, 3.8) is 0 Å². The molecule has 0 aliphatic carbocycles. The number of nitrogens with zero attached hydrogens (tertiary/aromatic N) is 5. The molecule has 180 valence electrons. The smallest absolute Gasteiger partial charge is 0.227 e. The molecule has 0 N–H and O–H groups in total. The van der Waals surface area contributed by atoms with E-state index in [2.05, 4.69) is 4.90 Å². The monoisotopic (exact) mass is 483 g/mol. The van der Waals surface area contributed by atoms with Crippen molar-refractivity contribution in [1.82, 2.24) is 19.5 Å². The molecule has 0 unspecified atom stereocenters. The number of carbonyl (C=O) groups is 1. The molecule has 3 fully saturated rings. The van der Waals surface area contributed by atoms with Crippen molar-refractivity contribution < 1.29 is 19.0 Å². The molecule has 3 aliphatic rings. The van der Waals surface area contributed by atoms with E-state index in [9.17, 15) is 4.79 Å². The lowest BCUT2D eigenvalue weighted by atomic mass is 9.95. The van der Waals surface area contributed by atoms with Crippen molar-refractivity contribution >= 4 is 27.3 Å². The summed E-state index contributed by atoms with van der Waals surface area (Å²) in [6, 6.07) is 7.87. The van der Waals surface area contributed by atoms with E-state index >= 15 is 0 Å². The van der Waals surface area contributed by atoms with Gasteiger partial charge in [0, 0.05) is 44.6 Å². The third-order valence-corrected chi connectivity index (χ3v) is 8.09. The first-order chi connectivity index (χ1) is 16.6. The van der Waals surface area contributed by atoms with Crippen molar-refractivity contribution in [1.29, 1.82) is 0 Å². The Kier molecular flexibility index (Phi) is 5.66. The standard InChI is InChI=1S/C24H29N5O4S/c1-31-19-6-4-17(5-7-19)20-16-29-22(25-20)34-23(26-29)28-10-2-3-18(15-28)21(30)27-11-8-24(9-12-27)32-13-14-33-24/h4-7,16,18H,2-3,8-15H2,1H3/t18-/m1/s1. The second-order valence-electron chi connectivity index (χ2n) is 9.18. The maximum atomic E-state index is 13.3. The number of ether oxygens (including phenoxy) is 3. The average molecular weight is 484 g/mol. The van der Waals surface area contributed by atoms with Crippen LogP contribution in [0.4, 0.5) is 5.13 Å². The van der Waals surface area contributed by atoms with Crippen LogP contribution in [0.5, 0.6) is 5.75 Å². The summed E-state index contributed by atoms with van der Waals surface area (Å²) in [7, 11) is 1.66. The predicted molar refractivity (Wildman–Crippen MR) is 128 cm³/mol. The highest BCUT2D eigenvalue weighted by Crippen LogP contribution is 2.34. The molecular formula is C24H29N5O4S. The van der Waals surface area contributed by atoms with Crippen LogP contribution in [0.15, 0.2) is 30.5 Å². The van der Waals surface area contributed by atoms with Gasteiger partial charge in [0.2, 0.25) is 16.0 Å². The Morgan fingerprint density at radius 3 is 2.62 bits per heavy atom. The van der Waals surface area contributed by atoms with Crippen LogP contribution in [-0.2, 0) is 14.3 Å². The van der Waals surface area contributed by atoms with Gasteiger partial charge >= 0.3 is 0 Å². The van der Waals surface area contributed by atoms with Crippen molar-refractivity contribution in [3.05, 3.63) is 30.5 Å². The first kappa shape index (κ1) is 21.8. The molecule has 6 rings (SSSR count). The Bertz CT molecular complexity index is 1130. The third-order valence-electron chi connectivity index (χ3n) is 7.11. The number of imidazole rings is 1. The van der Waals surface area contributed by atoms with Crippen LogP contribution >= 0.6 is 11.3 Å². The largest absolute Gasteiger partial charge is 0.497 e. The highest BCUT2D eigenvalue weighted by Gasteiger charge is 2.42. The van der Waals surface area contributed by atoms with Crippen molar-refractivity contribution in [3.8, 4) is 17.0 Å². The van der Waals surface area contributed by atoms with Crippen LogP contribution in [-0.4, -0.2) is 77.7 Å². The number of methoxy groups -OCH3 is 1. The normalized spacial score (nSPS) is 22.6. The number of likely N-dealkylation sites (tertiary alicyclic amines) is 1. The zero-order valence-corrected chi connectivity index (χ0v) is 20.1. The summed E-state index contributed by atoms with van der Waals surface area (Å²) in [5.74, 6) is 0.624. The molecule has 1 aromatic carbocycles. The topological polar surface area (TPSA) is 81.4 Å². The van der Waals surface area contributed by atoms with Crippen LogP contribution in [0.1, 0.15) is 25.7 Å². The number of piperidine rings is 2. The van der Waals surface area contributed by atoms with Gasteiger partial charge in [-0.15, -0.1) is 5.10 Å². The number of rotatable bonds is 4. The van der Waals surface area contributed by atoms with Gasteiger partial charge in [0.1, 0.15) is 5.75 Å². The molecule has 1 spiro atoms. The van der Waals surface area contributed by atoms with Gasteiger partial charge in [0.05, 0.1) is 38.1 Å². The summed E-state index contributed by atoms with van der Waals surface area (Å²) in [6.45, 7) is 4.34. The molecule has 1 amide bonds. The fourth-order valence-corrected chi connectivity index (χ4v) is 6.10. The van der Waals surface area contributed by atoms with Crippen LogP contribution < -0.4 is 9.64 Å². The molecule has 2 aromatic heterocycles. The second kappa shape index (κ2) is 8.83. The molecule has 3 aromatic rings. The molecule has 3 aliphatic heterocycles. The second-order valence-corrected chi connectivity index (χ2v) is 10.1. The number of hydrogen-bond donors (Lipinski definition) is 0. The molecule has 0 bridgehead atoms. The lowest BCUT2D eigenvalue weighted by molar-refractivity contribution is -0.188. The van der Waals surface area contributed by atoms with Crippen LogP contribution in [0.3, 0.4) is 0 Å². The number of benzene rings is 1. The summed E-state index contributed by atoms with van der Waals surface area (Å²) >= 11 is 1.57. The van der Waals surface area contributed by atoms with Crippen LogP contribution in [0.2, 0.25) is 0 Å². The minimum atomic E-state index is -0.449. The number of fused-ring (bicyclic) bond motifs is 1. The van der Waals surface area contributed by atoms with E-state index in [1.54, 1.807) is 18.4 Å². The van der Waals surface area contributed by atoms with Gasteiger partial charge < -0.3 is 24.0 Å². The van der Waals surface area contributed by atoms with E-state index in [1.807, 2.05) is 39.9 Å². The van der Waals surface area contributed by atoms with E-state index in [0.717, 1.165) is 59.3 Å². The van der Waals surface area contributed by atoms with Gasteiger partial charge in [-0.1, -0.05) is 11.3 Å². The number of anilines is 1. The number of aromatic nitrogens is 3. The Morgan fingerprint density at radius 2 is 1.91 bits per heavy atom. The van der Waals surface area contributed by atoms with Gasteiger partial charge in [-0.2, -0.15) is 0 Å². The third kappa shape index (κ3) is 4.03. The number of carbonyl (C=O) groups excluding carboxylic acids is 1. The summed E-state index contributed by atoms with van der Waals surface area (Å²) in [4.78, 5) is 23.1. The van der Waals surface area contributed by atoms with E-state index < -0.39 is 5.79 Å². The maximum Gasteiger partial charge on any atom is 0.227 e. The first-order valence-corrected chi connectivity index (χ1v) is 12.8. The molecule has 1 atom stereocenters. The van der Waals surface area contributed by atoms with Gasteiger partial charge in [0.25, 0.3) is 0 Å². The molecule has 5 heterocycles. The van der Waals surface area contributed by atoms with E-state index in [1.165, 1.54) is 0 Å². The average Bonchev–Trinajstić information content (AvgIpc) is 3.60. The van der Waals surface area contributed by atoms with Crippen molar-refractivity contribution in [2.24, 2.45) is 5.92 Å². The molecule has 34 heavy (non-hydrogen) atoms. The lowest BCUT2D eigenvalue weighted by Gasteiger charge is -2.40. The van der Waals surface area contributed by atoms with E-state index in [0.29, 0.717) is 32.8 Å². The summed E-state index contributed by atoms with van der Waals surface area (Å²) in [6.07, 6.45) is 5.39. The summed E-state index contributed by atoms with van der Waals surface area (Å²) in [5.41, 5.74) is 1.91. The van der Waals surface area contributed by atoms with Crippen molar-refractivity contribution in [2.45, 2.75) is 31.5 Å². The van der Waals surface area contributed by atoms with Crippen LogP contribution in [0.25, 0.3) is 16.2 Å². The van der Waals surface area contributed by atoms with Gasteiger partial charge in [0.15, 0.2) is 5.79 Å². The van der Waals surface area contributed by atoms with Gasteiger partial charge in [-0.25, -0.2) is 9.50 Å². The van der Waals surface area contributed by atoms with E-state index in [4.69, 9.17) is 24.3 Å². The van der Waals surface area contributed by atoms with Gasteiger partial charge in [-0.05, 0) is 37.1 Å². The first-order valence-electron chi connectivity index (χ1n) is 11.9. The fraction of sp³-hybridized carbons (Fsp3) is 0.542. The zero-order valence-electron chi connectivity index (χ0n) is 19.3. The van der Waals surface area contributed by atoms with Crippen LogP contribution in [0, 0.1) is 5.92 Å². The highest BCUT2D eigenvalue weighted by atomic mass is 32.1. The molecular weight excluding hydrogens is 454 g/mol.